The van der Waals surface area contributed by atoms with Gasteiger partial charge in [0.2, 0.25) is 5.72 Å². The van der Waals surface area contributed by atoms with Crippen LogP contribution in [0.15, 0.2) is 33.7 Å². The number of anilines is 1. The Hall–Kier alpha value is -1.75. The monoisotopic (exact) mass is 363 g/mol. The summed E-state index contributed by atoms with van der Waals surface area (Å²) in [7, 11) is 0. The van der Waals surface area contributed by atoms with Gasteiger partial charge in [0.15, 0.2) is 11.5 Å². The molecule has 2 heterocycles. The number of rotatable bonds is 1. The topological polar surface area (TPSA) is 47.6 Å². The highest BCUT2D eigenvalue weighted by molar-refractivity contribution is 9.10. The lowest BCUT2D eigenvalue weighted by molar-refractivity contribution is -0.115. The zero-order valence-corrected chi connectivity index (χ0v) is 14.8. The Labute approximate surface area is 138 Å². The van der Waals surface area contributed by atoms with E-state index in [1.54, 1.807) is 6.92 Å². The first-order chi connectivity index (χ1) is 10.2. The van der Waals surface area contributed by atoms with Crippen LogP contribution in [0.1, 0.15) is 31.9 Å². The maximum absolute atomic E-state index is 12.1. The molecule has 1 atom stereocenters. The van der Waals surface area contributed by atoms with E-state index in [1.807, 2.05) is 32.9 Å². The van der Waals surface area contributed by atoms with E-state index in [1.165, 1.54) is 6.92 Å². The molecule has 0 unspecified atom stereocenters. The summed E-state index contributed by atoms with van der Waals surface area (Å²) in [6.45, 7) is 9.24. The van der Waals surface area contributed by atoms with Crippen molar-refractivity contribution in [2.75, 3.05) is 5.32 Å². The van der Waals surface area contributed by atoms with Gasteiger partial charge in [-0.25, -0.2) is 0 Å². The second-order valence-electron chi connectivity index (χ2n) is 5.82. The van der Waals surface area contributed by atoms with Crippen molar-refractivity contribution >= 4 is 27.4 Å². The standard InChI is InChI=1S/C17H18BrNO3/c1-8-6-13-16(15(18)10(8)3)22-17(19-13)7-9(2)21-12(5)14(17)11(4)20/h6-7,19H,1-5H3/t17-/m0/s1. The van der Waals surface area contributed by atoms with Gasteiger partial charge < -0.3 is 14.8 Å². The molecule has 0 saturated carbocycles. The van der Waals surface area contributed by atoms with E-state index >= 15 is 0 Å². The van der Waals surface area contributed by atoms with Crippen LogP contribution in [-0.4, -0.2) is 11.5 Å². The molecule has 0 saturated heterocycles. The molecule has 0 aliphatic carbocycles. The van der Waals surface area contributed by atoms with Gasteiger partial charge in [-0.2, -0.15) is 0 Å². The lowest BCUT2D eigenvalue weighted by Crippen LogP contribution is -2.45. The molecule has 1 aromatic carbocycles. The van der Waals surface area contributed by atoms with Crippen molar-refractivity contribution < 1.29 is 14.3 Å². The average molecular weight is 364 g/mol. The number of halogens is 1. The molecule has 5 heteroatoms. The minimum absolute atomic E-state index is 0.0777. The lowest BCUT2D eigenvalue weighted by Gasteiger charge is -2.32. The summed E-state index contributed by atoms with van der Waals surface area (Å²) < 4.78 is 12.7. The summed E-state index contributed by atoms with van der Waals surface area (Å²) in [4.78, 5) is 12.1. The van der Waals surface area contributed by atoms with Crippen molar-refractivity contribution in [3.05, 3.63) is 44.8 Å². The first-order valence-corrected chi connectivity index (χ1v) is 7.91. The molecule has 1 N–H and O–H groups in total. The normalized spacial score (nSPS) is 22.7. The molecule has 22 heavy (non-hydrogen) atoms. The number of hydrogen-bond donors (Lipinski definition) is 1. The third kappa shape index (κ3) is 2.07. The van der Waals surface area contributed by atoms with Gasteiger partial charge in [0.1, 0.15) is 17.1 Å². The van der Waals surface area contributed by atoms with Crippen molar-refractivity contribution in [2.45, 2.75) is 40.3 Å². The van der Waals surface area contributed by atoms with Crippen LogP contribution in [-0.2, 0) is 9.53 Å². The molecule has 0 amide bonds. The van der Waals surface area contributed by atoms with Crippen molar-refractivity contribution in [3.63, 3.8) is 0 Å². The van der Waals surface area contributed by atoms with Gasteiger partial charge in [-0.3, -0.25) is 4.79 Å². The molecule has 0 fully saturated rings. The summed E-state index contributed by atoms with van der Waals surface area (Å²) in [6, 6.07) is 2.04. The Kier molecular flexibility index (Phi) is 3.36. The zero-order chi connectivity index (χ0) is 16.2. The van der Waals surface area contributed by atoms with Gasteiger partial charge >= 0.3 is 0 Å². The molecule has 0 bridgehead atoms. The molecular weight excluding hydrogens is 346 g/mol. The molecular formula is C17H18BrNO3. The number of nitrogens with one attached hydrogen (secondary N) is 1. The third-order valence-electron chi connectivity index (χ3n) is 4.11. The van der Waals surface area contributed by atoms with Crippen LogP contribution < -0.4 is 10.1 Å². The molecule has 2 aliphatic heterocycles. The molecule has 2 aliphatic rings. The Bertz CT molecular complexity index is 764. The van der Waals surface area contributed by atoms with E-state index in [-0.39, 0.29) is 5.78 Å². The Morgan fingerprint density at radius 1 is 1.27 bits per heavy atom. The quantitative estimate of drug-likeness (QED) is 0.804. The van der Waals surface area contributed by atoms with Crippen molar-refractivity contribution in [1.82, 2.24) is 0 Å². The molecule has 0 aromatic heterocycles. The van der Waals surface area contributed by atoms with Gasteiger partial charge in [0.25, 0.3) is 0 Å². The molecule has 116 valence electrons. The number of aryl methyl sites for hydroxylation is 1. The van der Waals surface area contributed by atoms with E-state index in [0.29, 0.717) is 17.1 Å². The second-order valence-corrected chi connectivity index (χ2v) is 6.61. The summed E-state index contributed by atoms with van der Waals surface area (Å²) in [5.74, 6) is 1.91. The first kappa shape index (κ1) is 15.2. The SMILES string of the molecule is CC(=O)C1=C(C)OC(C)=C[C@@]12Nc1cc(C)c(C)c(Br)c1O2. The number of carbonyl (C=O) groups excluding carboxylic acids is 1. The Morgan fingerprint density at radius 2 is 1.95 bits per heavy atom. The van der Waals surface area contributed by atoms with Gasteiger partial charge in [-0.15, -0.1) is 0 Å². The number of fused-ring (bicyclic) bond motifs is 1. The van der Waals surface area contributed by atoms with E-state index in [2.05, 4.69) is 21.2 Å². The molecule has 4 nitrogen and oxygen atoms in total. The molecule has 1 spiro atoms. The number of Topliss-reactive ketones (excluding diaryl/α,β-unsaturated/α-hetero) is 1. The second kappa shape index (κ2) is 4.88. The van der Waals surface area contributed by atoms with Gasteiger partial charge in [0.05, 0.1) is 10.2 Å². The van der Waals surface area contributed by atoms with Crippen LogP contribution >= 0.6 is 15.9 Å². The van der Waals surface area contributed by atoms with Gasteiger partial charge in [0, 0.05) is 6.08 Å². The number of ether oxygens (including phenoxy) is 2. The minimum atomic E-state index is -0.997. The number of ketones is 1. The van der Waals surface area contributed by atoms with Gasteiger partial charge in [-0.1, -0.05) is 0 Å². The van der Waals surface area contributed by atoms with Crippen LogP contribution in [0.3, 0.4) is 0 Å². The number of benzene rings is 1. The van der Waals surface area contributed by atoms with E-state index < -0.39 is 5.72 Å². The van der Waals surface area contributed by atoms with Crippen LogP contribution in [0.4, 0.5) is 5.69 Å². The number of hydrogen-bond acceptors (Lipinski definition) is 4. The van der Waals surface area contributed by atoms with Crippen LogP contribution in [0.2, 0.25) is 0 Å². The lowest BCUT2D eigenvalue weighted by atomic mass is 9.95. The number of carbonyl (C=O) groups is 1. The highest BCUT2D eigenvalue weighted by atomic mass is 79.9. The minimum Gasteiger partial charge on any atom is -0.466 e. The zero-order valence-electron chi connectivity index (χ0n) is 13.3. The summed E-state index contributed by atoms with van der Waals surface area (Å²) >= 11 is 3.60. The maximum Gasteiger partial charge on any atom is 0.237 e. The van der Waals surface area contributed by atoms with E-state index in [9.17, 15) is 4.79 Å². The highest BCUT2D eigenvalue weighted by Crippen LogP contribution is 2.49. The molecule has 0 radical (unpaired) electrons. The fourth-order valence-electron chi connectivity index (χ4n) is 3.06. The third-order valence-corrected chi connectivity index (χ3v) is 5.06. The first-order valence-electron chi connectivity index (χ1n) is 7.11. The Morgan fingerprint density at radius 3 is 2.59 bits per heavy atom. The van der Waals surface area contributed by atoms with E-state index in [4.69, 9.17) is 9.47 Å². The fourth-order valence-corrected chi connectivity index (χ4v) is 3.67. The van der Waals surface area contributed by atoms with Crippen molar-refractivity contribution in [2.24, 2.45) is 0 Å². The number of allylic oxidation sites excluding steroid dienone is 2. The summed E-state index contributed by atoms with van der Waals surface area (Å²) in [6.07, 6.45) is 1.81. The van der Waals surface area contributed by atoms with Gasteiger partial charge in [-0.05, 0) is 67.7 Å². The van der Waals surface area contributed by atoms with E-state index in [0.717, 1.165) is 27.0 Å². The van der Waals surface area contributed by atoms with Crippen molar-refractivity contribution in [3.8, 4) is 5.75 Å². The Balaban J connectivity index is 2.19. The van der Waals surface area contributed by atoms with Crippen LogP contribution in [0.25, 0.3) is 0 Å². The summed E-state index contributed by atoms with van der Waals surface area (Å²) in [5.41, 5.74) is 2.64. The predicted molar refractivity (Wildman–Crippen MR) is 88.8 cm³/mol. The van der Waals surface area contributed by atoms with Crippen molar-refractivity contribution in [1.29, 1.82) is 0 Å². The largest absolute Gasteiger partial charge is 0.466 e. The smallest absolute Gasteiger partial charge is 0.237 e. The molecule has 3 rings (SSSR count). The van der Waals surface area contributed by atoms with Crippen LogP contribution in [0, 0.1) is 13.8 Å². The average Bonchev–Trinajstić information content (AvgIpc) is 2.73. The molecule has 1 aromatic rings. The highest BCUT2D eigenvalue weighted by Gasteiger charge is 2.47. The fraction of sp³-hybridized carbons (Fsp3) is 0.353. The predicted octanol–water partition coefficient (Wildman–Crippen LogP) is 4.36. The van der Waals surface area contributed by atoms with Crippen LogP contribution in [0.5, 0.6) is 5.75 Å². The maximum atomic E-state index is 12.1. The summed E-state index contributed by atoms with van der Waals surface area (Å²) in [5, 5.41) is 3.36.